The highest BCUT2D eigenvalue weighted by Crippen LogP contribution is 2.21. The monoisotopic (exact) mass is 161 g/mol. The first-order valence-corrected chi connectivity index (χ1v) is 4.66. The quantitative estimate of drug-likeness (QED) is 0.613. The minimum Gasteiger partial charge on any atom is -0.316 e. The fourth-order valence-corrected chi connectivity index (χ4v) is 1.89. The van der Waals surface area contributed by atoms with Gasteiger partial charge in [-0.1, -0.05) is 31.2 Å². The van der Waals surface area contributed by atoms with Crippen molar-refractivity contribution in [3.05, 3.63) is 35.4 Å². The van der Waals surface area contributed by atoms with Crippen molar-refractivity contribution >= 4 is 0 Å². The summed E-state index contributed by atoms with van der Waals surface area (Å²) in [5.74, 6) is 0.670. The van der Waals surface area contributed by atoms with E-state index >= 15 is 0 Å². The Hall–Kier alpha value is -0.820. The average molecular weight is 161 g/mol. The summed E-state index contributed by atoms with van der Waals surface area (Å²) in [4.78, 5) is 0. The van der Waals surface area contributed by atoms with E-state index in [4.69, 9.17) is 0 Å². The lowest BCUT2D eigenvalue weighted by atomic mass is 9.96. The third-order valence-corrected chi connectivity index (χ3v) is 2.61. The Bertz CT molecular complexity index is 267. The largest absolute Gasteiger partial charge is 0.316 e. The number of hydrogen-bond donors (Lipinski definition) is 1. The molecule has 0 aliphatic carbocycles. The molecule has 1 heteroatoms. The van der Waals surface area contributed by atoms with E-state index in [1.165, 1.54) is 17.5 Å². The standard InChI is InChI=1S/C11H15N/c1-9-8-12-7-6-10-4-2-3-5-11(9)10/h2-5,9,12H,6-8H2,1H3/t9-/m1/s1. The Morgan fingerprint density at radius 3 is 3.08 bits per heavy atom. The van der Waals surface area contributed by atoms with Gasteiger partial charge in [-0.15, -0.1) is 0 Å². The zero-order valence-electron chi connectivity index (χ0n) is 7.51. The predicted octanol–water partition coefficient (Wildman–Crippen LogP) is 1.94. The Kier molecular flexibility index (Phi) is 2.13. The molecule has 1 aromatic carbocycles. The lowest BCUT2D eigenvalue weighted by Crippen LogP contribution is -2.18. The van der Waals surface area contributed by atoms with Gasteiger partial charge in [0.05, 0.1) is 0 Å². The maximum absolute atomic E-state index is 3.44. The molecule has 0 unspecified atom stereocenters. The van der Waals surface area contributed by atoms with E-state index in [9.17, 15) is 0 Å². The Balaban J connectivity index is 2.39. The van der Waals surface area contributed by atoms with Gasteiger partial charge in [0.15, 0.2) is 0 Å². The van der Waals surface area contributed by atoms with Crippen LogP contribution in [-0.4, -0.2) is 13.1 Å². The summed E-state index contributed by atoms with van der Waals surface area (Å²) < 4.78 is 0. The minimum atomic E-state index is 0.670. The second kappa shape index (κ2) is 3.28. The number of fused-ring (bicyclic) bond motifs is 1. The minimum absolute atomic E-state index is 0.670. The first kappa shape index (κ1) is 7.81. The van der Waals surface area contributed by atoms with Gasteiger partial charge in [0, 0.05) is 6.54 Å². The first-order valence-electron chi connectivity index (χ1n) is 4.66. The molecule has 0 spiro atoms. The molecule has 1 aliphatic rings. The zero-order chi connectivity index (χ0) is 8.39. The Morgan fingerprint density at radius 1 is 1.33 bits per heavy atom. The molecule has 1 nitrogen and oxygen atoms in total. The predicted molar refractivity (Wildman–Crippen MR) is 51.4 cm³/mol. The molecule has 1 aromatic rings. The number of rotatable bonds is 0. The van der Waals surface area contributed by atoms with Crippen LogP contribution in [0.3, 0.4) is 0 Å². The maximum Gasteiger partial charge on any atom is 0.00177 e. The zero-order valence-corrected chi connectivity index (χ0v) is 7.51. The van der Waals surface area contributed by atoms with Crippen LogP contribution in [0.5, 0.6) is 0 Å². The van der Waals surface area contributed by atoms with Crippen LogP contribution in [0.2, 0.25) is 0 Å². The van der Waals surface area contributed by atoms with Gasteiger partial charge in [0.1, 0.15) is 0 Å². The van der Waals surface area contributed by atoms with Crippen LogP contribution in [0.15, 0.2) is 24.3 Å². The van der Waals surface area contributed by atoms with E-state index < -0.39 is 0 Å². The van der Waals surface area contributed by atoms with Crippen LogP contribution in [0.4, 0.5) is 0 Å². The normalized spacial score (nSPS) is 22.9. The third kappa shape index (κ3) is 1.37. The number of hydrogen-bond acceptors (Lipinski definition) is 1. The van der Waals surface area contributed by atoms with Gasteiger partial charge < -0.3 is 5.32 Å². The van der Waals surface area contributed by atoms with Gasteiger partial charge in [-0.2, -0.15) is 0 Å². The first-order chi connectivity index (χ1) is 5.88. The Morgan fingerprint density at radius 2 is 2.17 bits per heavy atom. The fraction of sp³-hybridized carbons (Fsp3) is 0.455. The highest BCUT2D eigenvalue weighted by molar-refractivity contribution is 5.31. The molecular weight excluding hydrogens is 146 g/mol. The van der Waals surface area contributed by atoms with E-state index in [0.29, 0.717) is 5.92 Å². The van der Waals surface area contributed by atoms with Gasteiger partial charge in [0.2, 0.25) is 0 Å². The molecule has 0 saturated carbocycles. The van der Waals surface area contributed by atoms with Crippen LogP contribution in [-0.2, 0) is 6.42 Å². The molecule has 1 heterocycles. The summed E-state index contributed by atoms with van der Waals surface area (Å²) in [7, 11) is 0. The molecule has 12 heavy (non-hydrogen) atoms. The van der Waals surface area contributed by atoms with E-state index in [0.717, 1.165) is 13.1 Å². The van der Waals surface area contributed by atoms with Crippen LogP contribution >= 0.6 is 0 Å². The van der Waals surface area contributed by atoms with Gasteiger partial charge in [-0.05, 0) is 30.0 Å². The van der Waals surface area contributed by atoms with Crippen LogP contribution < -0.4 is 5.32 Å². The lowest BCUT2D eigenvalue weighted by molar-refractivity contribution is 0.644. The molecule has 0 amide bonds. The molecule has 0 fully saturated rings. The summed E-state index contributed by atoms with van der Waals surface area (Å²) in [6, 6.07) is 8.78. The van der Waals surface area contributed by atoms with Crippen molar-refractivity contribution in [3.8, 4) is 0 Å². The van der Waals surface area contributed by atoms with Gasteiger partial charge in [0.25, 0.3) is 0 Å². The van der Waals surface area contributed by atoms with Crippen molar-refractivity contribution in [1.29, 1.82) is 0 Å². The molecule has 2 rings (SSSR count). The van der Waals surface area contributed by atoms with E-state index in [-0.39, 0.29) is 0 Å². The summed E-state index contributed by atoms with van der Waals surface area (Å²) in [5, 5.41) is 3.44. The van der Waals surface area contributed by atoms with Crippen LogP contribution in [0, 0.1) is 0 Å². The maximum atomic E-state index is 3.44. The third-order valence-electron chi connectivity index (χ3n) is 2.61. The SMILES string of the molecule is C[C@@H]1CNCCc2ccccc21. The average Bonchev–Trinajstić information content (AvgIpc) is 2.29. The van der Waals surface area contributed by atoms with Crippen LogP contribution in [0.25, 0.3) is 0 Å². The van der Waals surface area contributed by atoms with Crippen molar-refractivity contribution < 1.29 is 0 Å². The second-order valence-corrected chi connectivity index (χ2v) is 3.55. The molecule has 1 N–H and O–H groups in total. The molecule has 1 atom stereocenters. The van der Waals surface area contributed by atoms with Crippen molar-refractivity contribution in [3.63, 3.8) is 0 Å². The summed E-state index contributed by atoms with van der Waals surface area (Å²) in [5.41, 5.74) is 3.05. The topological polar surface area (TPSA) is 12.0 Å². The number of benzene rings is 1. The highest BCUT2D eigenvalue weighted by atomic mass is 14.9. The summed E-state index contributed by atoms with van der Waals surface area (Å²) in [6.45, 7) is 4.54. The van der Waals surface area contributed by atoms with Crippen molar-refractivity contribution in [2.75, 3.05) is 13.1 Å². The smallest absolute Gasteiger partial charge is 0.00177 e. The molecular formula is C11H15N. The van der Waals surface area contributed by atoms with E-state index in [1.54, 1.807) is 0 Å². The van der Waals surface area contributed by atoms with Gasteiger partial charge in [-0.25, -0.2) is 0 Å². The molecule has 0 bridgehead atoms. The van der Waals surface area contributed by atoms with Crippen LogP contribution in [0.1, 0.15) is 24.0 Å². The van der Waals surface area contributed by atoms with Gasteiger partial charge >= 0.3 is 0 Å². The highest BCUT2D eigenvalue weighted by Gasteiger charge is 2.12. The van der Waals surface area contributed by atoms with Crippen molar-refractivity contribution in [2.24, 2.45) is 0 Å². The number of nitrogens with one attached hydrogen (secondary N) is 1. The van der Waals surface area contributed by atoms with E-state index in [2.05, 4.69) is 36.5 Å². The second-order valence-electron chi connectivity index (χ2n) is 3.55. The fourth-order valence-electron chi connectivity index (χ4n) is 1.89. The molecule has 0 saturated heterocycles. The molecule has 0 aromatic heterocycles. The molecule has 64 valence electrons. The van der Waals surface area contributed by atoms with E-state index in [1.807, 2.05) is 0 Å². The molecule has 0 radical (unpaired) electrons. The summed E-state index contributed by atoms with van der Waals surface area (Å²) >= 11 is 0. The lowest BCUT2D eigenvalue weighted by Gasteiger charge is -2.10. The van der Waals surface area contributed by atoms with Crippen molar-refractivity contribution in [1.82, 2.24) is 5.32 Å². The van der Waals surface area contributed by atoms with Crippen molar-refractivity contribution in [2.45, 2.75) is 19.3 Å². The Labute approximate surface area is 73.8 Å². The van der Waals surface area contributed by atoms with Gasteiger partial charge in [-0.3, -0.25) is 0 Å². The summed E-state index contributed by atoms with van der Waals surface area (Å²) in [6.07, 6.45) is 1.18. The molecule has 1 aliphatic heterocycles.